The van der Waals surface area contributed by atoms with Crippen LogP contribution in [0, 0.1) is 0 Å². The van der Waals surface area contributed by atoms with Crippen molar-refractivity contribution in [3.63, 3.8) is 0 Å². The van der Waals surface area contributed by atoms with Gasteiger partial charge in [0.25, 0.3) is 0 Å². The van der Waals surface area contributed by atoms with Crippen molar-refractivity contribution in [3.8, 4) is 17.2 Å². The molecule has 2 aliphatic heterocycles. The number of esters is 5. The minimum Gasteiger partial charge on any atom is -0.463 e. The summed E-state index contributed by atoms with van der Waals surface area (Å²) < 4.78 is 58.4. The van der Waals surface area contributed by atoms with Crippen LogP contribution in [0.4, 0.5) is 9.59 Å². The first kappa shape index (κ1) is 45.0. The van der Waals surface area contributed by atoms with Crippen LogP contribution in [0.2, 0.25) is 0 Å². The van der Waals surface area contributed by atoms with Crippen LogP contribution in [-0.2, 0) is 47.5 Å². The van der Waals surface area contributed by atoms with Crippen LogP contribution in [0.3, 0.4) is 0 Å². The molecule has 3 aromatic rings. The Kier molecular flexibility index (Phi) is 16.9. The minimum absolute atomic E-state index is 0.0233. The number of hydrogen-bond donors (Lipinski definition) is 0. The van der Waals surface area contributed by atoms with Gasteiger partial charge >= 0.3 is 42.2 Å². The lowest BCUT2D eigenvalue weighted by atomic mass is 10.1. The van der Waals surface area contributed by atoms with E-state index in [-0.39, 0.29) is 73.6 Å². The van der Waals surface area contributed by atoms with Crippen molar-refractivity contribution in [3.05, 3.63) is 115 Å². The average Bonchev–Trinajstić information content (AvgIpc) is 3.85. The van der Waals surface area contributed by atoms with E-state index in [1.54, 1.807) is 0 Å². The highest BCUT2D eigenvalue weighted by molar-refractivity contribution is 5.93. The minimum atomic E-state index is -0.985. The van der Waals surface area contributed by atoms with Gasteiger partial charge in [0.1, 0.15) is 29.5 Å². The molecule has 0 amide bonds. The Hall–Kier alpha value is -7.05. The molecule has 61 heavy (non-hydrogen) atoms. The summed E-state index contributed by atoms with van der Waals surface area (Å²) in [6.07, 6.45) is -1.18. The van der Waals surface area contributed by atoms with Gasteiger partial charge in [0.15, 0.2) is 12.2 Å². The second-order valence-electron chi connectivity index (χ2n) is 13.0. The highest BCUT2D eigenvalue weighted by Gasteiger charge is 2.51. The van der Waals surface area contributed by atoms with Crippen molar-refractivity contribution in [2.24, 2.45) is 0 Å². The average molecular weight is 847 g/mol. The Bertz CT molecular complexity index is 2060. The molecule has 0 saturated carbocycles. The number of carbonyl (C=O) groups is 7. The fraction of sp³-hybridized carbons (Fsp3) is 0.326. The maximum atomic E-state index is 13.2. The van der Waals surface area contributed by atoms with E-state index in [0.717, 1.165) is 12.2 Å². The van der Waals surface area contributed by atoms with E-state index in [4.69, 9.17) is 52.1 Å². The topological polar surface area (TPSA) is 221 Å². The molecule has 0 aliphatic carbocycles. The second-order valence-corrected chi connectivity index (χ2v) is 13.0. The molecule has 0 spiro atoms. The number of carbonyl (C=O) groups excluding carboxylic acids is 7. The number of benzene rings is 3. The van der Waals surface area contributed by atoms with Crippen LogP contribution in [0.1, 0.15) is 56.8 Å². The predicted molar refractivity (Wildman–Crippen MR) is 207 cm³/mol. The SMILES string of the molecule is C=CC(=O)OCCCCOC(=O)Oc1ccc(C(=O)Oc2cccc(C(=O)OC3CO[C@H]4C(OC(=O)c5cccc(OC(=O)OCCCCOC(=O)C=C)c5)CO[C@@H]34)c2)cc1. The molecule has 2 aliphatic rings. The molecule has 322 valence electrons. The number of rotatable bonds is 20. The molecule has 2 unspecified atom stereocenters. The zero-order chi connectivity index (χ0) is 43.6. The Morgan fingerprint density at radius 1 is 0.508 bits per heavy atom. The van der Waals surface area contributed by atoms with Crippen LogP contribution in [0.25, 0.3) is 0 Å². The van der Waals surface area contributed by atoms with Crippen molar-refractivity contribution >= 4 is 42.2 Å². The van der Waals surface area contributed by atoms with Crippen LogP contribution in [-0.4, -0.2) is 106 Å². The summed E-state index contributed by atoms with van der Waals surface area (Å²) in [5, 5.41) is 0. The molecule has 0 aromatic heterocycles. The van der Waals surface area contributed by atoms with Gasteiger partial charge in [-0.25, -0.2) is 33.6 Å². The van der Waals surface area contributed by atoms with Crippen molar-refractivity contribution < 1.29 is 85.7 Å². The maximum absolute atomic E-state index is 13.2. The molecule has 0 bridgehead atoms. The second kappa shape index (κ2) is 22.9. The fourth-order valence-electron chi connectivity index (χ4n) is 5.67. The molecule has 18 heteroatoms. The molecule has 2 saturated heterocycles. The van der Waals surface area contributed by atoms with Crippen LogP contribution in [0.15, 0.2) is 98.1 Å². The van der Waals surface area contributed by atoms with Crippen LogP contribution in [0.5, 0.6) is 17.2 Å². The van der Waals surface area contributed by atoms with Gasteiger partial charge < -0.3 is 52.1 Å². The standard InChI is InChI=1S/C43H42O18/c1-3-35(44)51-19-5-7-21-53-42(49)58-30-17-15-27(16-18-30)39(46)57-31-13-9-11-28(23-31)40(47)60-33-25-55-38-34(26-56-37(33)38)61-41(48)29-12-10-14-32(24-29)59-43(50)54-22-8-6-20-52-36(45)4-2/h3-4,9-18,23-24,33-34,37-38H,1-2,5-8,19-22,25-26H2/t33?,34?,37-,38-/m0/s1. The van der Waals surface area contributed by atoms with E-state index in [1.807, 2.05) is 0 Å². The largest absolute Gasteiger partial charge is 0.513 e. The van der Waals surface area contributed by atoms with E-state index < -0.39 is 66.6 Å². The number of fused-ring (bicyclic) bond motifs is 1. The van der Waals surface area contributed by atoms with Crippen molar-refractivity contribution in [2.75, 3.05) is 39.6 Å². The maximum Gasteiger partial charge on any atom is 0.513 e. The number of hydrogen-bond acceptors (Lipinski definition) is 18. The quantitative estimate of drug-likeness (QED) is 0.0342. The molecule has 5 rings (SSSR count). The zero-order valence-corrected chi connectivity index (χ0v) is 32.7. The van der Waals surface area contributed by atoms with Gasteiger partial charge in [0.05, 0.1) is 56.3 Å². The Morgan fingerprint density at radius 2 is 0.934 bits per heavy atom. The Labute approximate surface area is 349 Å². The predicted octanol–water partition coefficient (Wildman–Crippen LogP) is 5.50. The van der Waals surface area contributed by atoms with Gasteiger partial charge in [-0.2, -0.15) is 0 Å². The first-order valence-electron chi connectivity index (χ1n) is 19.0. The molecule has 2 fully saturated rings. The summed E-state index contributed by atoms with van der Waals surface area (Å²) in [7, 11) is 0. The van der Waals surface area contributed by atoms with Gasteiger partial charge in [-0.3, -0.25) is 0 Å². The fourth-order valence-corrected chi connectivity index (χ4v) is 5.67. The van der Waals surface area contributed by atoms with E-state index >= 15 is 0 Å². The van der Waals surface area contributed by atoms with Crippen LogP contribution < -0.4 is 14.2 Å². The van der Waals surface area contributed by atoms with E-state index in [1.165, 1.54) is 72.8 Å². The lowest BCUT2D eigenvalue weighted by Crippen LogP contribution is -2.36. The third-order valence-corrected chi connectivity index (χ3v) is 8.66. The zero-order valence-electron chi connectivity index (χ0n) is 32.7. The summed E-state index contributed by atoms with van der Waals surface area (Å²) in [5.41, 5.74) is 0.285. The van der Waals surface area contributed by atoms with Crippen molar-refractivity contribution in [1.82, 2.24) is 0 Å². The van der Waals surface area contributed by atoms with Gasteiger partial charge in [-0.1, -0.05) is 25.3 Å². The first-order valence-corrected chi connectivity index (χ1v) is 19.0. The third kappa shape index (κ3) is 14.0. The number of ether oxygens (including phenoxy) is 11. The Balaban J connectivity index is 1.03. The monoisotopic (exact) mass is 846 g/mol. The van der Waals surface area contributed by atoms with Gasteiger partial charge in [0.2, 0.25) is 0 Å². The lowest BCUT2D eigenvalue weighted by Gasteiger charge is -2.17. The first-order chi connectivity index (χ1) is 29.5. The molecule has 2 heterocycles. The normalized spacial score (nSPS) is 17.4. The summed E-state index contributed by atoms with van der Waals surface area (Å²) in [4.78, 5) is 85.2. The van der Waals surface area contributed by atoms with Crippen molar-refractivity contribution in [2.45, 2.75) is 50.1 Å². The number of unbranched alkanes of at least 4 members (excludes halogenated alkanes) is 2. The summed E-state index contributed by atoms with van der Waals surface area (Å²) in [6.45, 7) is 6.91. The van der Waals surface area contributed by atoms with E-state index in [9.17, 15) is 33.6 Å². The molecule has 4 atom stereocenters. The lowest BCUT2D eigenvalue weighted by molar-refractivity contribution is -0.138. The molecule has 0 N–H and O–H groups in total. The molecule has 3 aromatic carbocycles. The molecule has 18 nitrogen and oxygen atoms in total. The van der Waals surface area contributed by atoms with Gasteiger partial charge in [-0.15, -0.1) is 0 Å². The van der Waals surface area contributed by atoms with Gasteiger partial charge in [0, 0.05) is 12.2 Å². The summed E-state index contributed by atoms with van der Waals surface area (Å²) in [6, 6.07) is 17.0. The van der Waals surface area contributed by atoms with Crippen molar-refractivity contribution in [1.29, 1.82) is 0 Å². The molecular weight excluding hydrogens is 804 g/mol. The van der Waals surface area contributed by atoms with Gasteiger partial charge in [-0.05, 0) is 86.3 Å². The smallest absolute Gasteiger partial charge is 0.463 e. The summed E-state index contributed by atoms with van der Waals surface area (Å²) >= 11 is 0. The summed E-state index contributed by atoms with van der Waals surface area (Å²) in [5.74, 6) is -3.10. The van der Waals surface area contributed by atoms with Crippen LogP contribution >= 0.6 is 0 Å². The molecular formula is C43H42O18. The highest BCUT2D eigenvalue weighted by atomic mass is 16.7. The van der Waals surface area contributed by atoms with E-state index in [2.05, 4.69) is 13.2 Å². The third-order valence-electron chi connectivity index (χ3n) is 8.66. The Morgan fingerprint density at radius 3 is 1.39 bits per heavy atom. The molecule has 0 radical (unpaired) electrons. The highest BCUT2D eigenvalue weighted by Crippen LogP contribution is 2.32. The van der Waals surface area contributed by atoms with E-state index in [0.29, 0.717) is 25.7 Å².